The first-order valence-electron chi connectivity index (χ1n) is 5.31. The van der Waals surface area contributed by atoms with Crippen molar-refractivity contribution in [2.24, 2.45) is 0 Å². The van der Waals surface area contributed by atoms with Crippen LogP contribution in [-0.4, -0.2) is 30.4 Å². The number of ether oxygens (including phenoxy) is 2. The molecule has 0 amide bonds. The fourth-order valence-corrected chi connectivity index (χ4v) is 1.47. The number of carboxylic acid groups (broad SMARTS) is 1. The summed E-state index contributed by atoms with van der Waals surface area (Å²) in [5.41, 5.74) is 0.0951. The summed E-state index contributed by atoms with van der Waals surface area (Å²) in [6, 6.07) is 4.44. The van der Waals surface area contributed by atoms with Gasteiger partial charge in [-0.2, -0.15) is 0 Å². The average Bonchev–Trinajstić information content (AvgIpc) is 2.26. The monoisotopic (exact) mass is 258 g/mol. The maximum absolute atomic E-state index is 11.0. The molecule has 5 heteroatoms. The molecule has 1 N–H and O–H groups in total. The van der Waals surface area contributed by atoms with E-state index in [9.17, 15) is 4.79 Å². The van der Waals surface area contributed by atoms with Gasteiger partial charge in [0.2, 0.25) is 0 Å². The van der Waals surface area contributed by atoms with E-state index in [4.69, 9.17) is 26.2 Å². The van der Waals surface area contributed by atoms with Gasteiger partial charge < -0.3 is 14.6 Å². The molecule has 0 aliphatic rings. The van der Waals surface area contributed by atoms with Gasteiger partial charge >= 0.3 is 5.97 Å². The van der Waals surface area contributed by atoms with E-state index in [1.165, 1.54) is 18.2 Å². The van der Waals surface area contributed by atoms with Crippen LogP contribution in [-0.2, 0) is 4.74 Å². The van der Waals surface area contributed by atoms with Crippen molar-refractivity contribution in [2.45, 2.75) is 20.0 Å². The molecule has 1 rings (SSSR count). The molecular formula is C12H15ClO4. The Kier molecular flexibility index (Phi) is 5.25. The third-order valence-corrected chi connectivity index (χ3v) is 2.29. The third kappa shape index (κ3) is 4.24. The predicted molar refractivity (Wildman–Crippen MR) is 65.0 cm³/mol. The molecule has 0 aromatic heterocycles. The van der Waals surface area contributed by atoms with Crippen LogP contribution >= 0.6 is 11.6 Å². The van der Waals surface area contributed by atoms with Crippen molar-refractivity contribution in [2.75, 3.05) is 13.2 Å². The fraction of sp³-hybridized carbons (Fsp3) is 0.417. The maximum atomic E-state index is 11.0. The van der Waals surface area contributed by atoms with Crippen LogP contribution in [0.5, 0.6) is 5.75 Å². The van der Waals surface area contributed by atoms with Crippen molar-refractivity contribution in [3.05, 3.63) is 28.8 Å². The third-order valence-electron chi connectivity index (χ3n) is 2.06. The van der Waals surface area contributed by atoms with E-state index in [0.717, 1.165) is 0 Å². The minimum Gasteiger partial charge on any atom is -0.487 e. The lowest BCUT2D eigenvalue weighted by molar-refractivity contribution is 0.0607. The van der Waals surface area contributed by atoms with Crippen LogP contribution in [0.3, 0.4) is 0 Å². The molecule has 0 bridgehead atoms. The van der Waals surface area contributed by atoms with Crippen molar-refractivity contribution < 1.29 is 19.4 Å². The van der Waals surface area contributed by atoms with Crippen LogP contribution in [0.1, 0.15) is 24.2 Å². The minimum absolute atomic E-state index is 0.0951. The van der Waals surface area contributed by atoms with Gasteiger partial charge in [0.25, 0.3) is 0 Å². The van der Waals surface area contributed by atoms with Crippen molar-refractivity contribution >= 4 is 17.6 Å². The van der Waals surface area contributed by atoms with Crippen LogP contribution < -0.4 is 4.74 Å². The average molecular weight is 259 g/mol. The zero-order valence-electron chi connectivity index (χ0n) is 9.77. The Morgan fingerprint density at radius 2 is 2.24 bits per heavy atom. The molecule has 0 radical (unpaired) electrons. The lowest BCUT2D eigenvalue weighted by atomic mass is 10.2. The van der Waals surface area contributed by atoms with Crippen LogP contribution in [0, 0.1) is 0 Å². The summed E-state index contributed by atoms with van der Waals surface area (Å²) in [6.45, 7) is 4.69. The van der Waals surface area contributed by atoms with Crippen LogP contribution in [0.2, 0.25) is 5.02 Å². The first kappa shape index (κ1) is 13.8. The van der Waals surface area contributed by atoms with E-state index in [2.05, 4.69) is 0 Å². The van der Waals surface area contributed by atoms with Gasteiger partial charge in [0.05, 0.1) is 6.61 Å². The Morgan fingerprint density at radius 1 is 1.53 bits per heavy atom. The number of rotatable bonds is 6. The second-order valence-corrected chi connectivity index (χ2v) is 3.97. The Labute approximate surface area is 105 Å². The van der Waals surface area contributed by atoms with Gasteiger partial charge in [0.15, 0.2) is 0 Å². The fourth-order valence-electron chi connectivity index (χ4n) is 1.30. The quantitative estimate of drug-likeness (QED) is 0.852. The first-order chi connectivity index (χ1) is 8.04. The second kappa shape index (κ2) is 6.47. The highest BCUT2D eigenvalue weighted by Crippen LogP contribution is 2.24. The van der Waals surface area contributed by atoms with Crippen molar-refractivity contribution in [1.82, 2.24) is 0 Å². The molecule has 94 valence electrons. The minimum atomic E-state index is -1.04. The van der Waals surface area contributed by atoms with Gasteiger partial charge in [-0.1, -0.05) is 11.6 Å². The van der Waals surface area contributed by atoms with Crippen molar-refractivity contribution in [3.63, 3.8) is 0 Å². The van der Waals surface area contributed by atoms with Gasteiger partial charge in [0.1, 0.15) is 17.4 Å². The van der Waals surface area contributed by atoms with E-state index < -0.39 is 5.97 Å². The number of carboxylic acids is 1. The molecule has 1 aromatic rings. The van der Waals surface area contributed by atoms with Gasteiger partial charge in [-0.05, 0) is 32.0 Å². The van der Waals surface area contributed by atoms with Crippen LogP contribution in [0.4, 0.5) is 0 Å². The van der Waals surface area contributed by atoms with E-state index in [1.807, 2.05) is 13.8 Å². The van der Waals surface area contributed by atoms with Crippen molar-refractivity contribution in [3.8, 4) is 5.75 Å². The summed E-state index contributed by atoms with van der Waals surface area (Å²) in [7, 11) is 0. The molecule has 1 unspecified atom stereocenters. The number of benzene rings is 1. The molecule has 0 heterocycles. The zero-order valence-corrected chi connectivity index (χ0v) is 10.5. The summed E-state index contributed by atoms with van der Waals surface area (Å²) in [6.07, 6.45) is -0.230. The highest BCUT2D eigenvalue weighted by Gasteiger charge is 2.14. The summed E-state index contributed by atoms with van der Waals surface area (Å²) >= 11 is 5.81. The summed E-state index contributed by atoms with van der Waals surface area (Å²) in [5.74, 6) is -0.780. The van der Waals surface area contributed by atoms with Crippen LogP contribution in [0.25, 0.3) is 0 Å². The predicted octanol–water partition coefficient (Wildman–Crippen LogP) is 2.84. The normalized spacial score (nSPS) is 12.2. The van der Waals surface area contributed by atoms with E-state index in [0.29, 0.717) is 18.2 Å². The summed E-state index contributed by atoms with van der Waals surface area (Å²) in [4.78, 5) is 11.0. The molecule has 0 aliphatic carbocycles. The standard InChI is InChI=1S/C12H15ClO4/c1-3-16-7-8(2)17-11-6-9(13)4-5-10(11)12(14)15/h4-6,8H,3,7H2,1-2H3,(H,14,15). The van der Waals surface area contributed by atoms with E-state index in [1.54, 1.807) is 0 Å². The lowest BCUT2D eigenvalue weighted by Crippen LogP contribution is -2.20. The highest BCUT2D eigenvalue weighted by molar-refractivity contribution is 6.30. The van der Waals surface area contributed by atoms with E-state index in [-0.39, 0.29) is 17.4 Å². The molecule has 0 saturated heterocycles. The lowest BCUT2D eigenvalue weighted by Gasteiger charge is -2.16. The largest absolute Gasteiger partial charge is 0.487 e. The molecule has 0 fully saturated rings. The molecular weight excluding hydrogens is 244 g/mol. The van der Waals surface area contributed by atoms with Crippen LogP contribution in [0.15, 0.2) is 18.2 Å². The topological polar surface area (TPSA) is 55.8 Å². The van der Waals surface area contributed by atoms with E-state index >= 15 is 0 Å². The second-order valence-electron chi connectivity index (χ2n) is 3.53. The number of halogens is 1. The number of hydrogen-bond donors (Lipinski definition) is 1. The molecule has 0 spiro atoms. The number of carbonyl (C=O) groups is 1. The first-order valence-corrected chi connectivity index (χ1v) is 5.69. The molecule has 4 nitrogen and oxygen atoms in total. The van der Waals surface area contributed by atoms with Gasteiger partial charge in [-0.15, -0.1) is 0 Å². The number of hydrogen-bond acceptors (Lipinski definition) is 3. The summed E-state index contributed by atoms with van der Waals surface area (Å²) in [5, 5.41) is 9.43. The molecule has 17 heavy (non-hydrogen) atoms. The SMILES string of the molecule is CCOCC(C)Oc1cc(Cl)ccc1C(=O)O. The molecule has 1 atom stereocenters. The Balaban J connectivity index is 2.81. The van der Waals surface area contributed by atoms with Crippen molar-refractivity contribution in [1.29, 1.82) is 0 Å². The van der Waals surface area contributed by atoms with Gasteiger partial charge in [-0.3, -0.25) is 0 Å². The Morgan fingerprint density at radius 3 is 2.82 bits per heavy atom. The van der Waals surface area contributed by atoms with Gasteiger partial charge in [-0.25, -0.2) is 4.79 Å². The molecule has 0 saturated carbocycles. The molecule has 0 aliphatic heterocycles. The van der Waals surface area contributed by atoms with Gasteiger partial charge in [0, 0.05) is 11.6 Å². The Bertz CT molecular complexity index is 392. The summed E-state index contributed by atoms with van der Waals surface area (Å²) < 4.78 is 10.7. The highest BCUT2D eigenvalue weighted by atomic mass is 35.5. The smallest absolute Gasteiger partial charge is 0.339 e. The molecule has 1 aromatic carbocycles. The Hall–Kier alpha value is -1.26. The number of aromatic carboxylic acids is 1. The maximum Gasteiger partial charge on any atom is 0.339 e. The zero-order chi connectivity index (χ0) is 12.8.